The molecular weight excluding hydrogens is 1470 g/mol. The first kappa shape index (κ1) is 64.4. The summed E-state index contributed by atoms with van der Waals surface area (Å²) in [5, 5.41) is 0. The number of hydrogen-bond acceptors (Lipinski definition) is 15. The zero-order chi connectivity index (χ0) is 63.3. The Kier molecular flexibility index (Phi) is 18.2. The predicted molar refractivity (Wildman–Crippen MR) is 444 cm³/mol. The van der Waals surface area contributed by atoms with E-state index in [4.69, 9.17) is 0 Å². The summed E-state index contributed by atoms with van der Waals surface area (Å²) in [6, 6.07) is 71.5. The van der Waals surface area contributed by atoms with Gasteiger partial charge in [0.25, 0.3) is 0 Å². The van der Waals surface area contributed by atoms with Crippen molar-refractivity contribution in [1.29, 1.82) is 0 Å². The van der Waals surface area contributed by atoms with Crippen molar-refractivity contribution in [2.45, 2.75) is 85.9 Å². The number of rotatable bonds is 21. The van der Waals surface area contributed by atoms with Gasteiger partial charge in [0.1, 0.15) is 0 Å². The lowest BCUT2D eigenvalue weighted by Gasteiger charge is -2.57. The van der Waals surface area contributed by atoms with Crippen molar-refractivity contribution in [2.24, 2.45) is 0 Å². The minimum absolute atomic E-state index is 1.09. The predicted octanol–water partition coefficient (Wildman–Crippen LogP) is 27.8. The van der Waals surface area contributed by atoms with Gasteiger partial charge in [-0.1, -0.05) is 84.8 Å². The molecule has 0 atom stereocenters. The van der Waals surface area contributed by atoms with Crippen molar-refractivity contribution in [1.82, 2.24) is 0 Å². The highest BCUT2D eigenvalue weighted by Gasteiger charge is 2.66. The Balaban J connectivity index is 0.724. The molecule has 15 aromatic heterocycles. The summed E-state index contributed by atoms with van der Waals surface area (Å²) < 4.78 is 5.08. The van der Waals surface area contributed by atoms with Gasteiger partial charge in [-0.05, 0) is 197 Å². The smallest absolute Gasteiger partial charge is 0.0827 e. The largest absolute Gasteiger partial charge is 0.144 e. The molecule has 15 heterocycles. The van der Waals surface area contributed by atoms with Crippen LogP contribution in [0.25, 0.3) is 117 Å². The normalized spacial score (nSPS) is 12.6. The molecule has 0 aliphatic heterocycles. The zero-order valence-electron chi connectivity index (χ0n) is 52.6. The standard InChI is InChI=1S/C73H66S15Si4/c1-11-44-14-17-47(74-44)50-20-23-53(77-50)56-26-29-59(80-56)62-32-35-65(83-62)68-38-41-71(86-68)89(4,5)92(10,90(6,7)72-42-39-69(87-72)66-36-33-63(84-66)60-30-27-57(81-60)54-24-21-51(78-54)48-18-15-45(12-2)75-48)91(8,9)73-43-40-70(88-73)67-37-34-64(85-67)61-31-28-58(82-61)55-25-22-52(79-55)49-19-16-46(13-3)76-49/h14-43H,11-13H2,1-10H3. The van der Waals surface area contributed by atoms with Crippen LogP contribution >= 0.6 is 170 Å². The number of thiophene rings is 15. The van der Waals surface area contributed by atoms with Gasteiger partial charge in [-0.3, -0.25) is 0 Å². The Bertz CT molecular complexity index is 4570. The summed E-state index contributed by atoms with van der Waals surface area (Å²) in [5.74, 6) is 0. The molecule has 0 radical (unpaired) electrons. The van der Waals surface area contributed by atoms with E-state index in [1.165, 1.54) is 132 Å². The molecule has 0 aliphatic rings. The van der Waals surface area contributed by atoms with E-state index < -0.39 is 29.4 Å². The molecule has 0 spiro atoms. The van der Waals surface area contributed by atoms with E-state index in [1.807, 2.05) is 136 Å². The Morgan fingerprint density at radius 3 is 0.457 bits per heavy atom. The molecule has 15 aromatic rings. The molecule has 0 aromatic carbocycles. The molecule has 464 valence electrons. The second-order valence-electron chi connectivity index (χ2n) is 24.8. The Labute approximate surface area is 604 Å². The van der Waals surface area contributed by atoms with Gasteiger partial charge in [0, 0.05) is 132 Å². The molecule has 0 saturated carbocycles. The molecule has 19 heteroatoms. The summed E-state index contributed by atoms with van der Waals surface area (Å²) in [6.45, 7) is 24.4. The van der Waals surface area contributed by atoms with E-state index in [0.29, 0.717) is 0 Å². The maximum atomic E-state index is 2.96. The first-order valence-corrected chi connectivity index (χ1v) is 57.7. The van der Waals surface area contributed by atoms with Crippen LogP contribution in [0.3, 0.4) is 0 Å². The van der Waals surface area contributed by atoms with E-state index >= 15 is 0 Å². The van der Waals surface area contributed by atoms with Gasteiger partial charge >= 0.3 is 0 Å². The van der Waals surface area contributed by atoms with Crippen LogP contribution < -0.4 is 13.5 Å². The van der Waals surface area contributed by atoms with Gasteiger partial charge in [-0.25, -0.2) is 0 Å². The van der Waals surface area contributed by atoms with Gasteiger partial charge in [0.2, 0.25) is 0 Å². The summed E-state index contributed by atoms with van der Waals surface area (Å²) in [4.78, 5) is 37.4. The maximum Gasteiger partial charge on any atom is 0.0827 e. The third-order valence-electron chi connectivity index (χ3n) is 18.8. The second-order valence-corrected chi connectivity index (χ2v) is 80.8. The fourth-order valence-electron chi connectivity index (χ4n) is 13.0. The molecule has 0 nitrogen and oxygen atoms in total. The quantitative estimate of drug-likeness (QED) is 0.0629. The van der Waals surface area contributed by atoms with Crippen LogP contribution in [0.15, 0.2) is 182 Å². The number of hydrogen-bond donors (Lipinski definition) is 0. The van der Waals surface area contributed by atoms with Crippen LogP contribution in [0.5, 0.6) is 0 Å². The summed E-state index contributed by atoms with van der Waals surface area (Å²) in [6.07, 6.45) is 3.28. The van der Waals surface area contributed by atoms with Crippen molar-refractivity contribution in [3.05, 3.63) is 197 Å². The van der Waals surface area contributed by atoms with Gasteiger partial charge in [0.05, 0.1) is 29.4 Å². The van der Waals surface area contributed by atoms with E-state index in [2.05, 4.69) is 283 Å². The van der Waals surface area contributed by atoms with E-state index in [-0.39, 0.29) is 0 Å². The van der Waals surface area contributed by atoms with E-state index in [9.17, 15) is 0 Å². The fraction of sp³-hybridized carbons (Fsp3) is 0.178. The highest BCUT2D eigenvalue weighted by Crippen LogP contribution is 2.50. The SMILES string of the molecule is CCc1ccc(-c2ccc(-c3ccc(-c4ccc(-c5ccc([Si](C)(C)[Si](C)([Si](C)(C)c6ccc(-c7ccc(-c8ccc(-c9ccc(-c%10ccc(CC)s%10)s9)s8)s7)s6)[Si](C)(C)c6ccc(-c7ccc(-c8ccc(-c9ccc(-c%10ccc(CC)s%10)s9)s8)s7)s6)s5)s4)s3)s2)s1. The molecule has 92 heavy (non-hydrogen) atoms. The lowest BCUT2D eigenvalue weighted by molar-refractivity contribution is 1.19. The molecule has 0 saturated heterocycles. The Morgan fingerprint density at radius 2 is 0.304 bits per heavy atom. The summed E-state index contributed by atoms with van der Waals surface area (Å²) in [7, 11) is -6.58. The van der Waals surface area contributed by atoms with Gasteiger partial charge < -0.3 is 0 Å². The Hall–Kier alpha value is -3.63. The molecule has 0 fully saturated rings. The molecule has 0 aliphatic carbocycles. The molecular formula is C73H66S15Si4. The third-order valence-corrected chi connectivity index (χ3v) is 115. The topological polar surface area (TPSA) is 0 Å². The van der Waals surface area contributed by atoms with Crippen LogP contribution in [0.1, 0.15) is 35.4 Å². The monoisotopic (exact) mass is 1530 g/mol. The van der Waals surface area contributed by atoms with E-state index in [1.54, 1.807) is 13.5 Å². The molecule has 0 bridgehead atoms. The lowest BCUT2D eigenvalue weighted by Crippen LogP contribution is -2.90. The first-order valence-electron chi connectivity index (χ1n) is 31.0. The average molecular weight is 1540 g/mol. The van der Waals surface area contributed by atoms with Crippen LogP contribution in [0.4, 0.5) is 0 Å². The Morgan fingerprint density at radius 1 is 0.174 bits per heavy atom. The molecule has 0 N–H and O–H groups in total. The van der Waals surface area contributed by atoms with Crippen LogP contribution in [-0.4, -0.2) is 29.4 Å². The van der Waals surface area contributed by atoms with Crippen molar-refractivity contribution < 1.29 is 0 Å². The molecule has 0 unspecified atom stereocenters. The van der Waals surface area contributed by atoms with Crippen molar-refractivity contribution in [2.75, 3.05) is 0 Å². The van der Waals surface area contributed by atoms with Crippen LogP contribution in [-0.2, 0) is 19.3 Å². The highest BCUT2D eigenvalue weighted by atomic mass is 32.2. The summed E-state index contributed by atoms with van der Waals surface area (Å²) >= 11 is 29.7. The van der Waals surface area contributed by atoms with Gasteiger partial charge in [0.15, 0.2) is 0 Å². The second kappa shape index (κ2) is 26.0. The van der Waals surface area contributed by atoms with Crippen molar-refractivity contribution in [3.63, 3.8) is 0 Å². The van der Waals surface area contributed by atoms with Crippen molar-refractivity contribution >= 4 is 213 Å². The number of aryl methyl sites for hydroxylation is 3. The minimum atomic E-state index is -2.24. The van der Waals surface area contributed by atoms with Crippen LogP contribution in [0, 0.1) is 0 Å². The molecule has 0 amide bonds. The van der Waals surface area contributed by atoms with E-state index in [0.717, 1.165) is 19.3 Å². The maximum absolute atomic E-state index is 2.96. The first-order chi connectivity index (χ1) is 44.5. The highest BCUT2D eigenvalue weighted by molar-refractivity contribution is 7.96. The minimum Gasteiger partial charge on any atom is -0.144 e. The zero-order valence-corrected chi connectivity index (χ0v) is 68.8. The third kappa shape index (κ3) is 11.9. The van der Waals surface area contributed by atoms with Crippen molar-refractivity contribution in [3.8, 4) is 117 Å². The van der Waals surface area contributed by atoms with Gasteiger partial charge in [-0.15, -0.1) is 170 Å². The summed E-state index contributed by atoms with van der Waals surface area (Å²) in [5.41, 5.74) is 0. The average Bonchev–Trinajstić information content (AvgIpc) is 0.763. The molecule has 15 rings (SSSR count). The lowest BCUT2D eigenvalue weighted by atomic mass is 10.3. The van der Waals surface area contributed by atoms with Crippen LogP contribution in [0.2, 0.25) is 45.8 Å². The fourth-order valence-corrected chi connectivity index (χ4v) is 120. The van der Waals surface area contributed by atoms with Gasteiger partial charge in [-0.2, -0.15) is 0 Å².